The molecule has 7 heteroatoms. The Balaban J connectivity index is 2.48. The summed E-state index contributed by atoms with van der Waals surface area (Å²) < 4.78 is 44.1. The summed E-state index contributed by atoms with van der Waals surface area (Å²) in [6.45, 7) is 1.37. The van der Waals surface area contributed by atoms with E-state index in [0.29, 0.717) is 5.56 Å². The second kappa shape index (κ2) is 6.15. The lowest BCUT2D eigenvalue weighted by atomic mass is 10.1. The van der Waals surface area contributed by atoms with E-state index in [-0.39, 0.29) is 23.0 Å². The quantitative estimate of drug-likeness (QED) is 0.858. The highest BCUT2D eigenvalue weighted by Gasteiger charge is 2.13. The SMILES string of the molecule is CC(=O)c1ccc(NS(C)(=O)=O)c(Oc2ccccc2F)c1. The van der Waals surface area contributed by atoms with Crippen LogP contribution in [0.25, 0.3) is 0 Å². The van der Waals surface area contributed by atoms with E-state index in [0.717, 1.165) is 6.26 Å². The summed E-state index contributed by atoms with van der Waals surface area (Å²) >= 11 is 0. The molecule has 0 heterocycles. The lowest BCUT2D eigenvalue weighted by molar-refractivity contribution is 0.101. The van der Waals surface area contributed by atoms with Crippen LogP contribution in [-0.4, -0.2) is 20.5 Å². The monoisotopic (exact) mass is 323 g/mol. The minimum atomic E-state index is -3.54. The van der Waals surface area contributed by atoms with Gasteiger partial charge in [0.05, 0.1) is 11.9 Å². The predicted octanol–water partition coefficient (Wildman–Crippen LogP) is 3.19. The highest BCUT2D eigenvalue weighted by atomic mass is 32.2. The topological polar surface area (TPSA) is 72.5 Å². The van der Waals surface area contributed by atoms with E-state index in [1.165, 1.54) is 43.3 Å². The second-order valence-corrected chi connectivity index (χ2v) is 6.42. The maximum atomic E-state index is 13.7. The van der Waals surface area contributed by atoms with E-state index in [1.54, 1.807) is 6.07 Å². The van der Waals surface area contributed by atoms with Gasteiger partial charge in [-0.1, -0.05) is 12.1 Å². The molecule has 2 rings (SSSR count). The summed E-state index contributed by atoms with van der Waals surface area (Å²) in [5.41, 5.74) is 0.446. The average Bonchev–Trinajstić information content (AvgIpc) is 2.41. The Bertz CT molecular complexity index is 818. The van der Waals surface area contributed by atoms with Gasteiger partial charge in [-0.15, -0.1) is 0 Å². The van der Waals surface area contributed by atoms with Gasteiger partial charge in [0, 0.05) is 5.56 Å². The van der Waals surface area contributed by atoms with Gasteiger partial charge in [-0.3, -0.25) is 9.52 Å². The van der Waals surface area contributed by atoms with E-state index < -0.39 is 15.8 Å². The number of rotatable bonds is 5. The molecule has 0 atom stereocenters. The maximum Gasteiger partial charge on any atom is 0.229 e. The number of carbonyl (C=O) groups is 1. The molecule has 0 unspecified atom stereocenters. The third-order valence-corrected chi connectivity index (χ3v) is 3.33. The normalized spacial score (nSPS) is 11.0. The second-order valence-electron chi connectivity index (χ2n) is 4.67. The summed E-state index contributed by atoms with van der Waals surface area (Å²) in [4.78, 5) is 11.4. The molecule has 2 aromatic carbocycles. The summed E-state index contributed by atoms with van der Waals surface area (Å²) in [5, 5.41) is 0. The Morgan fingerprint density at radius 1 is 1.14 bits per heavy atom. The molecule has 0 amide bonds. The largest absolute Gasteiger partial charge is 0.452 e. The van der Waals surface area contributed by atoms with Gasteiger partial charge in [0.25, 0.3) is 0 Å². The van der Waals surface area contributed by atoms with Crippen molar-refractivity contribution in [1.82, 2.24) is 0 Å². The number of para-hydroxylation sites is 1. The van der Waals surface area contributed by atoms with Crippen LogP contribution >= 0.6 is 0 Å². The zero-order valence-corrected chi connectivity index (χ0v) is 12.8. The fourth-order valence-electron chi connectivity index (χ4n) is 1.76. The van der Waals surface area contributed by atoms with Crippen molar-refractivity contribution in [3.8, 4) is 11.5 Å². The van der Waals surface area contributed by atoms with Crippen molar-refractivity contribution in [3.05, 3.63) is 53.8 Å². The van der Waals surface area contributed by atoms with Crippen LogP contribution in [0.3, 0.4) is 0 Å². The maximum absolute atomic E-state index is 13.7. The molecule has 0 fully saturated rings. The van der Waals surface area contributed by atoms with Crippen molar-refractivity contribution in [2.75, 3.05) is 11.0 Å². The van der Waals surface area contributed by atoms with Crippen molar-refractivity contribution >= 4 is 21.5 Å². The average molecular weight is 323 g/mol. The van der Waals surface area contributed by atoms with Gasteiger partial charge in [-0.25, -0.2) is 12.8 Å². The van der Waals surface area contributed by atoms with Crippen LogP contribution in [0.2, 0.25) is 0 Å². The number of sulfonamides is 1. The number of ketones is 1. The summed E-state index contributed by atoms with van der Waals surface area (Å²) in [6, 6.07) is 9.93. The zero-order chi connectivity index (χ0) is 16.3. The number of halogens is 1. The summed E-state index contributed by atoms with van der Waals surface area (Å²) in [5.74, 6) is -0.840. The first-order valence-corrected chi connectivity index (χ1v) is 8.20. The Hall–Kier alpha value is -2.41. The molecule has 0 spiro atoms. The van der Waals surface area contributed by atoms with Gasteiger partial charge in [0.2, 0.25) is 10.0 Å². The van der Waals surface area contributed by atoms with Crippen molar-refractivity contribution in [1.29, 1.82) is 0 Å². The van der Waals surface area contributed by atoms with Crippen molar-refractivity contribution < 1.29 is 22.3 Å². The van der Waals surface area contributed by atoms with Crippen molar-refractivity contribution in [2.24, 2.45) is 0 Å². The molecule has 22 heavy (non-hydrogen) atoms. The Labute approximate surface area is 127 Å². The first-order chi connectivity index (χ1) is 10.3. The van der Waals surface area contributed by atoms with Crippen molar-refractivity contribution in [3.63, 3.8) is 0 Å². The Kier molecular flexibility index (Phi) is 4.46. The van der Waals surface area contributed by atoms with Gasteiger partial charge in [0.1, 0.15) is 0 Å². The molecule has 5 nitrogen and oxygen atoms in total. The van der Waals surface area contributed by atoms with Crippen LogP contribution in [0.15, 0.2) is 42.5 Å². The molecule has 1 N–H and O–H groups in total. The Morgan fingerprint density at radius 3 is 2.41 bits per heavy atom. The molecule has 0 aliphatic carbocycles. The molecule has 0 saturated heterocycles. The smallest absolute Gasteiger partial charge is 0.229 e. The number of hydrogen-bond donors (Lipinski definition) is 1. The third-order valence-electron chi connectivity index (χ3n) is 2.74. The third kappa shape index (κ3) is 4.05. The number of Topliss-reactive ketones (excluding diaryl/α,β-unsaturated/α-hetero) is 1. The lowest BCUT2D eigenvalue weighted by Gasteiger charge is -2.13. The molecule has 0 saturated carbocycles. The highest BCUT2D eigenvalue weighted by Crippen LogP contribution is 2.32. The first kappa shape index (κ1) is 16.0. The predicted molar refractivity (Wildman–Crippen MR) is 81.4 cm³/mol. The van der Waals surface area contributed by atoms with Crippen LogP contribution < -0.4 is 9.46 Å². The number of nitrogens with one attached hydrogen (secondary N) is 1. The van der Waals surface area contributed by atoms with Gasteiger partial charge in [-0.05, 0) is 37.3 Å². The number of ether oxygens (including phenoxy) is 1. The van der Waals surface area contributed by atoms with Gasteiger partial charge in [0.15, 0.2) is 23.1 Å². The van der Waals surface area contributed by atoms with Crippen LogP contribution in [0.4, 0.5) is 10.1 Å². The van der Waals surface area contributed by atoms with Crippen LogP contribution in [0, 0.1) is 5.82 Å². The number of anilines is 1. The van der Waals surface area contributed by atoms with E-state index in [4.69, 9.17) is 4.74 Å². The fourth-order valence-corrected chi connectivity index (χ4v) is 2.32. The highest BCUT2D eigenvalue weighted by molar-refractivity contribution is 7.92. The zero-order valence-electron chi connectivity index (χ0n) is 12.0. The van der Waals surface area contributed by atoms with E-state index in [2.05, 4.69) is 4.72 Å². The van der Waals surface area contributed by atoms with Gasteiger partial charge in [-0.2, -0.15) is 0 Å². The summed E-state index contributed by atoms with van der Waals surface area (Å²) in [6.07, 6.45) is 0.985. The minimum Gasteiger partial charge on any atom is -0.452 e. The lowest BCUT2D eigenvalue weighted by Crippen LogP contribution is -2.11. The van der Waals surface area contributed by atoms with E-state index in [1.807, 2.05) is 0 Å². The molecule has 0 radical (unpaired) electrons. The van der Waals surface area contributed by atoms with E-state index >= 15 is 0 Å². The number of benzene rings is 2. The molecule has 0 aromatic heterocycles. The number of hydrogen-bond acceptors (Lipinski definition) is 4. The molecule has 0 aliphatic rings. The molecule has 0 aliphatic heterocycles. The van der Waals surface area contributed by atoms with Crippen molar-refractivity contribution in [2.45, 2.75) is 6.92 Å². The molecular weight excluding hydrogens is 309 g/mol. The molecular formula is C15H14FNO4S. The molecule has 116 valence electrons. The first-order valence-electron chi connectivity index (χ1n) is 6.31. The fraction of sp³-hybridized carbons (Fsp3) is 0.133. The van der Waals surface area contributed by atoms with Gasteiger partial charge < -0.3 is 4.74 Å². The van der Waals surface area contributed by atoms with Crippen LogP contribution in [0.5, 0.6) is 11.5 Å². The Morgan fingerprint density at radius 2 is 1.82 bits per heavy atom. The molecule has 2 aromatic rings. The van der Waals surface area contributed by atoms with Crippen LogP contribution in [-0.2, 0) is 10.0 Å². The summed E-state index contributed by atoms with van der Waals surface area (Å²) in [7, 11) is -3.54. The van der Waals surface area contributed by atoms with Crippen LogP contribution in [0.1, 0.15) is 17.3 Å². The van der Waals surface area contributed by atoms with E-state index in [9.17, 15) is 17.6 Å². The minimum absolute atomic E-state index is 0.0447. The standard InChI is InChI=1S/C15H14FNO4S/c1-10(18)11-7-8-13(17-22(2,19)20)15(9-11)21-14-6-4-3-5-12(14)16/h3-9,17H,1-2H3. The number of carbonyl (C=O) groups excluding carboxylic acids is 1. The van der Waals surface area contributed by atoms with Gasteiger partial charge >= 0.3 is 0 Å². The molecule has 0 bridgehead atoms.